The van der Waals surface area contributed by atoms with Crippen molar-refractivity contribution >= 4 is 11.5 Å². The Morgan fingerprint density at radius 3 is 1.60 bits per heavy atom. The maximum atomic E-state index is 4.33. The largest absolute Gasteiger partial charge is 0.392 e. The molecule has 1 N–H and O–H groups in total. The summed E-state index contributed by atoms with van der Waals surface area (Å²) in [5, 5.41) is 3.04. The number of aliphatic imine (C=N–C) groups is 2. The molecule has 0 aliphatic carbocycles. The summed E-state index contributed by atoms with van der Waals surface area (Å²) in [5.74, 6) is 0.753. The summed E-state index contributed by atoms with van der Waals surface area (Å²) in [4.78, 5) is 8.32. The second-order valence-corrected chi connectivity index (χ2v) is 3.13. The van der Waals surface area contributed by atoms with Gasteiger partial charge in [-0.3, -0.25) is 4.99 Å². The molecule has 20 heavy (non-hydrogen) atoms. The fourth-order valence-electron chi connectivity index (χ4n) is 0.752. The average Bonchev–Trinajstić information content (AvgIpc) is 2.52. The van der Waals surface area contributed by atoms with E-state index in [-0.39, 0.29) is 0 Å². The Balaban J connectivity index is -0.000000187. The second kappa shape index (κ2) is 22.8. The Morgan fingerprint density at radius 2 is 1.35 bits per heavy atom. The van der Waals surface area contributed by atoms with Gasteiger partial charge in [0.2, 0.25) is 0 Å². The topological polar surface area (TPSA) is 36.8 Å². The summed E-state index contributed by atoms with van der Waals surface area (Å²) >= 11 is 0. The minimum atomic E-state index is 0.753. The first-order chi connectivity index (χ1) is 9.51. The molecular weight excluding hydrogens is 246 g/mol. The number of allylic oxidation sites excluding steroid dienone is 3. The van der Waals surface area contributed by atoms with Gasteiger partial charge in [-0.2, -0.15) is 0 Å². The van der Waals surface area contributed by atoms with Gasteiger partial charge in [-0.15, -0.1) is 0 Å². The van der Waals surface area contributed by atoms with E-state index >= 15 is 0 Å². The number of rotatable bonds is 3. The summed E-state index contributed by atoms with van der Waals surface area (Å²) in [6.45, 7) is 21.7. The smallest absolute Gasteiger partial charge is 0.120 e. The highest BCUT2D eigenvalue weighted by Gasteiger charge is 1.97. The van der Waals surface area contributed by atoms with Crippen LogP contribution in [0.2, 0.25) is 0 Å². The van der Waals surface area contributed by atoms with Crippen LogP contribution in [0.5, 0.6) is 0 Å². The third kappa shape index (κ3) is 19.0. The van der Waals surface area contributed by atoms with Crippen LogP contribution in [0.4, 0.5) is 0 Å². The van der Waals surface area contributed by atoms with E-state index in [2.05, 4.69) is 21.9 Å². The zero-order valence-corrected chi connectivity index (χ0v) is 15.7. The van der Waals surface area contributed by atoms with E-state index in [4.69, 9.17) is 0 Å². The Bertz CT molecular complexity index is 297. The third-order valence-electron chi connectivity index (χ3n) is 1.79. The molecule has 0 spiro atoms. The molecule has 0 heterocycles. The first-order valence-corrected chi connectivity index (χ1v) is 7.55. The molecule has 3 nitrogen and oxygen atoms in total. The molecule has 0 atom stereocenters. The number of nitrogens with one attached hydrogen (secondary N) is 1. The van der Waals surface area contributed by atoms with Crippen molar-refractivity contribution in [2.75, 3.05) is 14.1 Å². The number of hydrogen-bond acceptors (Lipinski definition) is 2. The van der Waals surface area contributed by atoms with Gasteiger partial charge in [-0.25, -0.2) is 4.99 Å². The monoisotopic (exact) mass is 283 g/mol. The lowest BCUT2D eigenvalue weighted by Gasteiger charge is -2.03. The van der Waals surface area contributed by atoms with Crippen LogP contribution in [-0.2, 0) is 0 Å². The predicted octanol–water partition coefficient (Wildman–Crippen LogP) is 5.25. The van der Waals surface area contributed by atoms with Crippen molar-refractivity contribution in [2.45, 2.75) is 62.3 Å². The molecule has 0 rings (SSSR count). The van der Waals surface area contributed by atoms with Crippen LogP contribution in [0, 0.1) is 0 Å². The van der Waals surface area contributed by atoms with Gasteiger partial charge in [0, 0.05) is 19.8 Å². The molecular formula is C17H37N3. The van der Waals surface area contributed by atoms with Crippen LogP contribution < -0.4 is 5.32 Å². The third-order valence-corrected chi connectivity index (χ3v) is 1.79. The SMILES string of the molecule is C=C(C)C(/C=C(/C)NC)=NC(C)=NC.CC.CC.CC. The van der Waals surface area contributed by atoms with E-state index in [1.807, 2.05) is 75.4 Å². The fourth-order valence-corrected chi connectivity index (χ4v) is 0.752. The molecule has 0 unspecified atom stereocenters. The van der Waals surface area contributed by atoms with E-state index in [1.165, 1.54) is 0 Å². The van der Waals surface area contributed by atoms with Crippen LogP contribution in [0.3, 0.4) is 0 Å². The lowest BCUT2D eigenvalue weighted by atomic mass is 10.2. The second-order valence-electron chi connectivity index (χ2n) is 3.13. The molecule has 0 aliphatic rings. The van der Waals surface area contributed by atoms with Crippen LogP contribution in [-0.4, -0.2) is 25.6 Å². The molecule has 0 fully saturated rings. The van der Waals surface area contributed by atoms with Crippen molar-refractivity contribution in [2.24, 2.45) is 9.98 Å². The lowest BCUT2D eigenvalue weighted by Crippen LogP contribution is -2.07. The van der Waals surface area contributed by atoms with Crippen LogP contribution >= 0.6 is 0 Å². The molecule has 0 amide bonds. The van der Waals surface area contributed by atoms with Crippen molar-refractivity contribution in [3.05, 3.63) is 23.9 Å². The van der Waals surface area contributed by atoms with Crippen molar-refractivity contribution < 1.29 is 0 Å². The Hall–Kier alpha value is -1.38. The highest BCUT2D eigenvalue weighted by atomic mass is 14.9. The Labute approximate surface area is 128 Å². The molecule has 0 bridgehead atoms. The molecule has 0 aliphatic heterocycles. The van der Waals surface area contributed by atoms with Crippen molar-refractivity contribution in [1.29, 1.82) is 0 Å². The minimum absolute atomic E-state index is 0.753. The van der Waals surface area contributed by atoms with Crippen LogP contribution in [0.1, 0.15) is 62.3 Å². The quantitative estimate of drug-likeness (QED) is 0.557. The standard InChI is InChI=1S/C11H19N3.3C2H6/c1-8(2)11(7-9(3)12-5)14-10(4)13-6;3*1-2/h7,12H,1H2,2-6H3;3*1-2H3/b9-7-,13-10?,14-11?;;;. The summed E-state index contributed by atoms with van der Waals surface area (Å²) in [6, 6.07) is 0. The molecule has 0 aromatic carbocycles. The molecule has 0 aromatic heterocycles. The maximum Gasteiger partial charge on any atom is 0.120 e. The van der Waals surface area contributed by atoms with Gasteiger partial charge in [0.1, 0.15) is 5.84 Å². The van der Waals surface area contributed by atoms with Gasteiger partial charge in [0.05, 0.1) is 5.71 Å². The molecule has 3 heteroatoms. The summed E-state index contributed by atoms with van der Waals surface area (Å²) in [5.41, 5.74) is 2.85. The zero-order chi connectivity index (χ0) is 17.1. The number of amidine groups is 1. The van der Waals surface area contributed by atoms with E-state index in [0.717, 1.165) is 22.8 Å². The van der Waals surface area contributed by atoms with Crippen molar-refractivity contribution in [1.82, 2.24) is 5.32 Å². The maximum absolute atomic E-state index is 4.33. The first-order valence-electron chi connectivity index (χ1n) is 7.55. The first kappa shape index (κ1) is 27.0. The van der Waals surface area contributed by atoms with Gasteiger partial charge in [-0.1, -0.05) is 48.1 Å². The van der Waals surface area contributed by atoms with Crippen LogP contribution in [0.15, 0.2) is 33.9 Å². The lowest BCUT2D eigenvalue weighted by molar-refractivity contribution is 0.993. The fraction of sp³-hybridized carbons (Fsp3) is 0.647. The highest BCUT2D eigenvalue weighted by molar-refractivity contribution is 6.12. The summed E-state index contributed by atoms with van der Waals surface area (Å²) < 4.78 is 0. The van der Waals surface area contributed by atoms with E-state index in [1.54, 1.807) is 7.05 Å². The predicted molar refractivity (Wildman–Crippen MR) is 98.1 cm³/mol. The van der Waals surface area contributed by atoms with Crippen molar-refractivity contribution in [3.8, 4) is 0 Å². The van der Waals surface area contributed by atoms with Gasteiger partial charge in [0.15, 0.2) is 0 Å². The minimum Gasteiger partial charge on any atom is -0.392 e. The van der Waals surface area contributed by atoms with Gasteiger partial charge >= 0.3 is 0 Å². The molecule has 0 saturated heterocycles. The van der Waals surface area contributed by atoms with E-state index < -0.39 is 0 Å². The summed E-state index contributed by atoms with van der Waals surface area (Å²) in [7, 11) is 3.60. The van der Waals surface area contributed by atoms with Gasteiger partial charge < -0.3 is 5.32 Å². The number of nitrogens with zero attached hydrogens (tertiary/aromatic N) is 2. The highest BCUT2D eigenvalue weighted by Crippen LogP contribution is 1.99. The van der Waals surface area contributed by atoms with Crippen molar-refractivity contribution in [3.63, 3.8) is 0 Å². The van der Waals surface area contributed by atoms with Gasteiger partial charge in [-0.05, 0) is 32.4 Å². The zero-order valence-electron chi connectivity index (χ0n) is 15.7. The Morgan fingerprint density at radius 1 is 0.950 bits per heavy atom. The molecule has 0 radical (unpaired) electrons. The Kier molecular flexibility index (Phi) is 30.8. The summed E-state index contributed by atoms with van der Waals surface area (Å²) in [6.07, 6.45) is 1.96. The van der Waals surface area contributed by atoms with Crippen LogP contribution in [0.25, 0.3) is 0 Å². The van der Waals surface area contributed by atoms with E-state index in [9.17, 15) is 0 Å². The van der Waals surface area contributed by atoms with E-state index in [0.29, 0.717) is 0 Å². The number of hydrogen-bond donors (Lipinski definition) is 1. The average molecular weight is 284 g/mol. The van der Waals surface area contributed by atoms with Gasteiger partial charge in [0.25, 0.3) is 0 Å². The molecule has 120 valence electrons. The molecule has 0 saturated carbocycles. The normalized spacial score (nSPS) is 10.8. The molecule has 0 aromatic rings.